The van der Waals surface area contributed by atoms with E-state index in [1.807, 2.05) is 17.4 Å². The fraction of sp³-hybridized carbons (Fsp3) is 0.400. The van der Waals surface area contributed by atoms with Gasteiger partial charge in [0.1, 0.15) is 0 Å². The van der Waals surface area contributed by atoms with Gasteiger partial charge >= 0.3 is 0 Å². The first-order chi connectivity index (χ1) is 5.72. The number of rotatable bonds is 4. The van der Waals surface area contributed by atoms with E-state index in [-0.39, 0.29) is 0 Å². The zero-order chi connectivity index (χ0) is 8.97. The van der Waals surface area contributed by atoms with E-state index < -0.39 is 0 Å². The molecule has 0 aliphatic heterocycles. The largest absolute Gasteiger partial charge is 0.304 e. The highest BCUT2D eigenvalue weighted by atomic mass is 32.1. The molecule has 1 nitrogen and oxygen atoms in total. The molecule has 0 radical (unpaired) electrons. The van der Waals surface area contributed by atoms with Crippen LogP contribution in [0.25, 0.3) is 0 Å². The van der Waals surface area contributed by atoms with Crippen molar-refractivity contribution in [2.75, 3.05) is 14.1 Å². The van der Waals surface area contributed by atoms with Crippen molar-refractivity contribution in [1.82, 2.24) is 4.90 Å². The van der Waals surface area contributed by atoms with Gasteiger partial charge in [0, 0.05) is 16.3 Å². The van der Waals surface area contributed by atoms with Gasteiger partial charge in [0.2, 0.25) is 0 Å². The van der Waals surface area contributed by atoms with Gasteiger partial charge in [-0.2, -0.15) is 0 Å². The first kappa shape index (κ1) is 9.49. The van der Waals surface area contributed by atoms with E-state index in [0.717, 1.165) is 13.0 Å². The highest BCUT2D eigenvalue weighted by Crippen LogP contribution is 2.17. The van der Waals surface area contributed by atoms with E-state index in [9.17, 15) is 0 Å². The van der Waals surface area contributed by atoms with Gasteiger partial charge in [-0.15, -0.1) is 17.9 Å². The molecule has 0 saturated carbocycles. The Kier molecular flexibility index (Phi) is 3.50. The Bertz CT molecular complexity index is 250. The number of thiophene rings is 1. The molecule has 66 valence electrons. The Morgan fingerprint density at radius 3 is 2.67 bits per heavy atom. The van der Waals surface area contributed by atoms with Crippen LogP contribution >= 0.6 is 11.3 Å². The Balaban J connectivity index is 2.57. The zero-order valence-electron chi connectivity index (χ0n) is 7.71. The summed E-state index contributed by atoms with van der Waals surface area (Å²) in [6.45, 7) is 4.77. The van der Waals surface area contributed by atoms with Crippen LogP contribution in [0.1, 0.15) is 9.75 Å². The van der Waals surface area contributed by atoms with Crippen LogP contribution in [-0.4, -0.2) is 19.0 Å². The van der Waals surface area contributed by atoms with Crippen LogP contribution in [0, 0.1) is 0 Å². The number of hydrogen-bond acceptors (Lipinski definition) is 2. The maximum atomic E-state index is 3.72. The Morgan fingerprint density at radius 2 is 2.08 bits per heavy atom. The summed E-state index contributed by atoms with van der Waals surface area (Å²) in [4.78, 5) is 5.02. The van der Waals surface area contributed by atoms with Crippen molar-refractivity contribution in [2.45, 2.75) is 13.0 Å². The molecule has 2 heteroatoms. The fourth-order valence-electron chi connectivity index (χ4n) is 1.07. The highest BCUT2D eigenvalue weighted by molar-refractivity contribution is 7.12. The van der Waals surface area contributed by atoms with Crippen molar-refractivity contribution in [3.05, 3.63) is 34.5 Å². The summed E-state index contributed by atoms with van der Waals surface area (Å²) in [6.07, 6.45) is 2.95. The van der Waals surface area contributed by atoms with Gasteiger partial charge in [0.05, 0.1) is 0 Å². The third-order valence-electron chi connectivity index (χ3n) is 1.53. The second-order valence-corrected chi connectivity index (χ2v) is 4.35. The summed E-state index contributed by atoms with van der Waals surface area (Å²) in [7, 11) is 4.18. The molecule has 0 atom stereocenters. The first-order valence-corrected chi connectivity index (χ1v) is 4.87. The Morgan fingerprint density at radius 1 is 1.42 bits per heavy atom. The van der Waals surface area contributed by atoms with E-state index in [0.29, 0.717) is 0 Å². The standard InChI is InChI=1S/C10H15NS/c1-4-5-9-6-7-10(12-9)8-11(2)3/h4,6-7H,1,5,8H2,2-3H3. The molecule has 0 amide bonds. The van der Waals surface area contributed by atoms with Gasteiger partial charge in [0.15, 0.2) is 0 Å². The van der Waals surface area contributed by atoms with Crippen molar-refractivity contribution in [2.24, 2.45) is 0 Å². The lowest BCUT2D eigenvalue weighted by atomic mass is 10.3. The Hall–Kier alpha value is -0.600. The number of hydrogen-bond donors (Lipinski definition) is 0. The summed E-state index contributed by atoms with van der Waals surface area (Å²) < 4.78 is 0. The lowest BCUT2D eigenvalue weighted by Gasteiger charge is -2.05. The SMILES string of the molecule is C=CCc1ccc(CN(C)C)s1. The molecular weight excluding hydrogens is 166 g/mol. The van der Waals surface area contributed by atoms with Gasteiger partial charge in [0.25, 0.3) is 0 Å². The van der Waals surface area contributed by atoms with Crippen LogP contribution < -0.4 is 0 Å². The van der Waals surface area contributed by atoms with Gasteiger partial charge < -0.3 is 4.90 Å². The average Bonchev–Trinajstić information content (AvgIpc) is 2.36. The van der Waals surface area contributed by atoms with Crippen LogP contribution in [0.2, 0.25) is 0 Å². The molecule has 0 N–H and O–H groups in total. The molecule has 1 aromatic rings. The highest BCUT2D eigenvalue weighted by Gasteiger charge is 1.99. The average molecular weight is 181 g/mol. The predicted octanol–water partition coefficient (Wildman–Crippen LogP) is 2.54. The van der Waals surface area contributed by atoms with Crippen LogP contribution in [0.4, 0.5) is 0 Å². The monoisotopic (exact) mass is 181 g/mol. The van der Waals surface area contributed by atoms with Crippen molar-refractivity contribution in [3.8, 4) is 0 Å². The van der Waals surface area contributed by atoms with Gasteiger partial charge in [-0.1, -0.05) is 6.08 Å². The molecule has 0 bridgehead atoms. The second-order valence-electron chi connectivity index (χ2n) is 3.10. The molecule has 0 fully saturated rings. The van der Waals surface area contributed by atoms with Crippen molar-refractivity contribution < 1.29 is 0 Å². The predicted molar refractivity (Wildman–Crippen MR) is 55.6 cm³/mol. The smallest absolute Gasteiger partial charge is 0.0321 e. The van der Waals surface area contributed by atoms with E-state index in [2.05, 4.69) is 37.7 Å². The van der Waals surface area contributed by atoms with Gasteiger partial charge in [-0.05, 0) is 32.6 Å². The maximum absolute atomic E-state index is 3.72. The third kappa shape index (κ3) is 2.80. The number of nitrogens with zero attached hydrogens (tertiary/aromatic N) is 1. The molecule has 0 aliphatic carbocycles. The molecule has 0 spiro atoms. The molecule has 1 rings (SSSR count). The lowest BCUT2D eigenvalue weighted by molar-refractivity contribution is 0.406. The molecule has 0 aromatic carbocycles. The maximum Gasteiger partial charge on any atom is 0.0321 e. The van der Waals surface area contributed by atoms with Crippen LogP contribution in [-0.2, 0) is 13.0 Å². The van der Waals surface area contributed by atoms with Crippen molar-refractivity contribution in [1.29, 1.82) is 0 Å². The first-order valence-electron chi connectivity index (χ1n) is 4.05. The van der Waals surface area contributed by atoms with E-state index >= 15 is 0 Å². The Labute approximate surface area is 78.3 Å². The zero-order valence-corrected chi connectivity index (χ0v) is 8.53. The van der Waals surface area contributed by atoms with Crippen LogP contribution in [0.5, 0.6) is 0 Å². The molecule has 1 aromatic heterocycles. The summed E-state index contributed by atoms with van der Waals surface area (Å²) in [5.41, 5.74) is 0. The molecule has 0 aliphatic rings. The van der Waals surface area contributed by atoms with Gasteiger partial charge in [-0.3, -0.25) is 0 Å². The molecule has 12 heavy (non-hydrogen) atoms. The molecule has 1 heterocycles. The van der Waals surface area contributed by atoms with Crippen LogP contribution in [0.3, 0.4) is 0 Å². The summed E-state index contributed by atoms with van der Waals surface area (Å²) in [5.74, 6) is 0. The quantitative estimate of drug-likeness (QED) is 0.645. The normalized spacial score (nSPS) is 10.6. The number of allylic oxidation sites excluding steroid dienone is 1. The van der Waals surface area contributed by atoms with Gasteiger partial charge in [-0.25, -0.2) is 0 Å². The minimum Gasteiger partial charge on any atom is -0.304 e. The molecule has 0 unspecified atom stereocenters. The fourth-order valence-corrected chi connectivity index (χ4v) is 2.20. The lowest BCUT2D eigenvalue weighted by Crippen LogP contribution is -2.09. The third-order valence-corrected chi connectivity index (χ3v) is 2.63. The topological polar surface area (TPSA) is 3.24 Å². The molecular formula is C10H15NS. The minimum absolute atomic E-state index is 0.998. The molecule has 0 saturated heterocycles. The van der Waals surface area contributed by atoms with Crippen molar-refractivity contribution >= 4 is 11.3 Å². The summed E-state index contributed by atoms with van der Waals surface area (Å²) >= 11 is 1.87. The minimum atomic E-state index is 0.998. The van der Waals surface area contributed by atoms with E-state index in [1.54, 1.807) is 0 Å². The summed E-state index contributed by atoms with van der Waals surface area (Å²) in [6, 6.07) is 4.38. The van der Waals surface area contributed by atoms with E-state index in [4.69, 9.17) is 0 Å². The van der Waals surface area contributed by atoms with Crippen molar-refractivity contribution in [3.63, 3.8) is 0 Å². The summed E-state index contributed by atoms with van der Waals surface area (Å²) in [5, 5.41) is 0. The van der Waals surface area contributed by atoms with E-state index in [1.165, 1.54) is 9.75 Å². The second kappa shape index (κ2) is 4.43. The van der Waals surface area contributed by atoms with Crippen LogP contribution in [0.15, 0.2) is 24.8 Å².